The van der Waals surface area contributed by atoms with Crippen LogP contribution in [0.1, 0.15) is 19.8 Å². The summed E-state index contributed by atoms with van der Waals surface area (Å²) < 4.78 is 6.62. The number of fused-ring (bicyclic) bond motifs is 1. The maximum Gasteiger partial charge on any atom is 0.239 e. The summed E-state index contributed by atoms with van der Waals surface area (Å²) in [5, 5.41) is 3.10. The lowest BCUT2D eigenvalue weighted by Crippen LogP contribution is -2.44. The number of hydrogen-bond donors (Lipinski definition) is 1. The first kappa shape index (κ1) is 13.7. The second-order valence-electron chi connectivity index (χ2n) is 5.58. The highest BCUT2D eigenvalue weighted by Crippen LogP contribution is 2.34. The van der Waals surface area contributed by atoms with E-state index >= 15 is 0 Å². The van der Waals surface area contributed by atoms with E-state index in [0.717, 1.165) is 22.5 Å². The highest BCUT2D eigenvalue weighted by atomic mass is 79.9. The molecule has 108 valence electrons. The van der Waals surface area contributed by atoms with Crippen LogP contribution >= 0.6 is 15.9 Å². The van der Waals surface area contributed by atoms with Crippen molar-refractivity contribution < 1.29 is 9.53 Å². The molecule has 1 aromatic rings. The van der Waals surface area contributed by atoms with Crippen molar-refractivity contribution in [1.82, 2.24) is 5.32 Å². The minimum Gasteiger partial charge on any atom is -0.490 e. The smallest absolute Gasteiger partial charge is 0.239 e. The molecule has 1 saturated carbocycles. The summed E-state index contributed by atoms with van der Waals surface area (Å²) in [6.45, 7) is 3.86. The van der Waals surface area contributed by atoms with Crippen LogP contribution in [0.2, 0.25) is 0 Å². The average molecular weight is 339 g/mol. The number of halogens is 1. The van der Waals surface area contributed by atoms with Crippen LogP contribution in [0, 0.1) is 5.92 Å². The first-order valence-corrected chi connectivity index (χ1v) is 7.89. The molecule has 1 N–H and O–H groups in total. The lowest BCUT2D eigenvalue weighted by molar-refractivity contribution is -0.120. The zero-order chi connectivity index (χ0) is 14.1. The Morgan fingerprint density at radius 2 is 2.35 bits per heavy atom. The number of anilines is 1. The van der Waals surface area contributed by atoms with Gasteiger partial charge in [-0.1, -0.05) is 15.9 Å². The van der Waals surface area contributed by atoms with Crippen molar-refractivity contribution in [3.05, 3.63) is 22.7 Å². The van der Waals surface area contributed by atoms with E-state index in [1.807, 2.05) is 18.2 Å². The molecule has 1 aromatic carbocycles. The molecule has 3 rings (SSSR count). The van der Waals surface area contributed by atoms with Crippen molar-refractivity contribution in [1.29, 1.82) is 0 Å². The molecule has 20 heavy (non-hydrogen) atoms. The number of hydrogen-bond acceptors (Lipinski definition) is 3. The Hall–Kier alpha value is -1.23. The van der Waals surface area contributed by atoms with E-state index in [1.54, 1.807) is 0 Å². The van der Waals surface area contributed by atoms with E-state index in [-0.39, 0.29) is 5.91 Å². The highest BCUT2D eigenvalue weighted by molar-refractivity contribution is 9.10. The molecule has 1 aliphatic carbocycles. The van der Waals surface area contributed by atoms with Gasteiger partial charge in [-0.2, -0.15) is 0 Å². The molecular formula is C15H19BrN2O2. The van der Waals surface area contributed by atoms with Crippen LogP contribution in [-0.4, -0.2) is 31.6 Å². The SMILES string of the molecule is C[C@@H](NC(=O)CN1CCOc2ccc(Br)cc21)C1CC1. The number of benzene rings is 1. The molecule has 0 spiro atoms. The van der Waals surface area contributed by atoms with Gasteiger partial charge in [0.2, 0.25) is 5.91 Å². The Labute approximate surface area is 127 Å². The Balaban J connectivity index is 1.66. The van der Waals surface area contributed by atoms with E-state index in [4.69, 9.17) is 4.74 Å². The van der Waals surface area contributed by atoms with Gasteiger partial charge in [0.15, 0.2) is 0 Å². The van der Waals surface area contributed by atoms with Crippen molar-refractivity contribution in [2.45, 2.75) is 25.8 Å². The van der Waals surface area contributed by atoms with Crippen LogP contribution in [0.25, 0.3) is 0 Å². The van der Waals surface area contributed by atoms with Gasteiger partial charge in [-0.25, -0.2) is 0 Å². The number of nitrogens with zero attached hydrogens (tertiary/aromatic N) is 1. The van der Waals surface area contributed by atoms with Gasteiger partial charge in [0.25, 0.3) is 0 Å². The van der Waals surface area contributed by atoms with Gasteiger partial charge in [-0.15, -0.1) is 0 Å². The predicted octanol–water partition coefficient (Wildman–Crippen LogP) is 2.56. The average Bonchev–Trinajstić information content (AvgIpc) is 3.23. The molecule has 1 aliphatic heterocycles. The molecule has 0 saturated heterocycles. The van der Waals surface area contributed by atoms with E-state index < -0.39 is 0 Å². The molecule has 4 nitrogen and oxygen atoms in total. The number of nitrogens with one attached hydrogen (secondary N) is 1. The topological polar surface area (TPSA) is 41.6 Å². The first-order chi connectivity index (χ1) is 9.63. The van der Waals surface area contributed by atoms with Crippen molar-refractivity contribution in [3.63, 3.8) is 0 Å². The van der Waals surface area contributed by atoms with Gasteiger partial charge >= 0.3 is 0 Å². The fourth-order valence-electron chi connectivity index (χ4n) is 2.60. The van der Waals surface area contributed by atoms with E-state index in [9.17, 15) is 4.79 Å². The zero-order valence-corrected chi connectivity index (χ0v) is 13.1. The lowest BCUT2D eigenvalue weighted by Gasteiger charge is -2.31. The molecular weight excluding hydrogens is 320 g/mol. The van der Waals surface area contributed by atoms with Crippen LogP contribution in [0.4, 0.5) is 5.69 Å². The summed E-state index contributed by atoms with van der Waals surface area (Å²) in [4.78, 5) is 14.2. The minimum atomic E-state index is 0.0947. The molecule has 1 fully saturated rings. The third kappa shape index (κ3) is 3.08. The summed E-state index contributed by atoms with van der Waals surface area (Å²) in [5.41, 5.74) is 0.986. The summed E-state index contributed by atoms with van der Waals surface area (Å²) in [6, 6.07) is 6.20. The number of carbonyl (C=O) groups is 1. The molecule has 2 aliphatic rings. The van der Waals surface area contributed by atoms with Gasteiger partial charge in [0, 0.05) is 10.5 Å². The van der Waals surface area contributed by atoms with Crippen molar-refractivity contribution in [3.8, 4) is 5.75 Å². The molecule has 0 radical (unpaired) electrons. The molecule has 5 heteroatoms. The third-order valence-electron chi connectivity index (χ3n) is 3.93. The first-order valence-electron chi connectivity index (χ1n) is 7.10. The summed E-state index contributed by atoms with van der Waals surface area (Å²) >= 11 is 3.47. The van der Waals surface area contributed by atoms with Crippen LogP contribution in [0.15, 0.2) is 22.7 Å². The van der Waals surface area contributed by atoms with E-state index in [2.05, 4.69) is 33.1 Å². The maximum absolute atomic E-state index is 12.1. The van der Waals surface area contributed by atoms with Crippen LogP contribution in [0.3, 0.4) is 0 Å². The fourth-order valence-corrected chi connectivity index (χ4v) is 2.95. The summed E-state index contributed by atoms with van der Waals surface area (Å²) in [7, 11) is 0. The maximum atomic E-state index is 12.1. The number of rotatable bonds is 4. The summed E-state index contributed by atoms with van der Waals surface area (Å²) in [6.07, 6.45) is 2.49. The third-order valence-corrected chi connectivity index (χ3v) is 4.43. The minimum absolute atomic E-state index is 0.0947. The van der Waals surface area contributed by atoms with Gasteiger partial charge in [0.1, 0.15) is 12.4 Å². The predicted molar refractivity (Wildman–Crippen MR) is 82.2 cm³/mol. The van der Waals surface area contributed by atoms with Crippen LogP contribution in [0.5, 0.6) is 5.75 Å². The molecule has 0 unspecified atom stereocenters. The van der Waals surface area contributed by atoms with E-state index in [0.29, 0.717) is 25.1 Å². The fraction of sp³-hybridized carbons (Fsp3) is 0.533. The molecule has 1 heterocycles. The standard InChI is InChI=1S/C15H19BrN2O2/c1-10(11-2-3-11)17-15(19)9-18-6-7-20-14-5-4-12(16)8-13(14)18/h4-5,8,10-11H,2-3,6-7,9H2,1H3,(H,17,19)/t10-/m1/s1. The quantitative estimate of drug-likeness (QED) is 0.917. The molecule has 0 bridgehead atoms. The van der Waals surface area contributed by atoms with Crippen LogP contribution < -0.4 is 15.0 Å². The zero-order valence-electron chi connectivity index (χ0n) is 11.6. The monoisotopic (exact) mass is 338 g/mol. The van der Waals surface area contributed by atoms with E-state index in [1.165, 1.54) is 12.8 Å². The van der Waals surface area contributed by atoms with Gasteiger partial charge in [-0.3, -0.25) is 4.79 Å². The van der Waals surface area contributed by atoms with Crippen molar-refractivity contribution in [2.24, 2.45) is 5.92 Å². The number of ether oxygens (including phenoxy) is 1. The largest absolute Gasteiger partial charge is 0.490 e. The normalized spacial score (nSPS) is 19.0. The Bertz CT molecular complexity index is 517. The Morgan fingerprint density at radius 3 is 3.10 bits per heavy atom. The van der Waals surface area contributed by atoms with Crippen molar-refractivity contribution in [2.75, 3.05) is 24.6 Å². The molecule has 0 aromatic heterocycles. The van der Waals surface area contributed by atoms with Crippen LogP contribution in [-0.2, 0) is 4.79 Å². The number of amides is 1. The van der Waals surface area contributed by atoms with Crippen molar-refractivity contribution >= 4 is 27.5 Å². The number of carbonyl (C=O) groups excluding carboxylic acids is 1. The van der Waals surface area contributed by atoms with Gasteiger partial charge < -0.3 is 15.0 Å². The second kappa shape index (κ2) is 5.64. The molecule has 1 amide bonds. The Kier molecular flexibility index (Phi) is 3.87. The Morgan fingerprint density at radius 1 is 1.55 bits per heavy atom. The second-order valence-corrected chi connectivity index (χ2v) is 6.49. The molecule has 1 atom stereocenters. The van der Waals surface area contributed by atoms with Gasteiger partial charge in [0.05, 0.1) is 18.8 Å². The highest BCUT2D eigenvalue weighted by Gasteiger charge is 2.29. The van der Waals surface area contributed by atoms with Gasteiger partial charge in [-0.05, 0) is 43.9 Å². The summed E-state index contributed by atoms with van der Waals surface area (Å²) in [5.74, 6) is 1.63. The lowest BCUT2D eigenvalue weighted by atomic mass is 10.2.